The van der Waals surface area contributed by atoms with Gasteiger partial charge in [0.05, 0.1) is 0 Å². The van der Waals surface area contributed by atoms with Gasteiger partial charge in [-0.05, 0) is 23.8 Å². The number of benzene rings is 1. The number of aromatic nitrogens is 1. The summed E-state index contributed by atoms with van der Waals surface area (Å²) < 4.78 is 0. The van der Waals surface area contributed by atoms with Gasteiger partial charge in [-0.3, -0.25) is 4.79 Å². The van der Waals surface area contributed by atoms with Crippen LogP contribution in [-0.4, -0.2) is 21.8 Å². The molecule has 0 amide bonds. The van der Waals surface area contributed by atoms with Gasteiger partial charge in [-0.2, -0.15) is 0 Å². The Morgan fingerprint density at radius 3 is 2.32 bits per heavy atom. The monoisotopic (exact) mass is 253 g/mol. The lowest BCUT2D eigenvalue weighted by Gasteiger charge is -1.97. The van der Waals surface area contributed by atoms with Crippen molar-refractivity contribution in [2.45, 2.75) is 0 Å². The van der Waals surface area contributed by atoms with E-state index in [9.17, 15) is 9.59 Å². The summed E-state index contributed by atoms with van der Waals surface area (Å²) in [5.74, 6) is -1.48. The number of carbonyl (C=O) groups excluding carboxylic acids is 1. The summed E-state index contributed by atoms with van der Waals surface area (Å²) in [7, 11) is 0. The molecule has 0 bridgehead atoms. The Morgan fingerprint density at radius 1 is 0.947 bits per heavy atom. The van der Waals surface area contributed by atoms with Crippen LogP contribution in [0.5, 0.6) is 0 Å². The van der Waals surface area contributed by atoms with Crippen LogP contribution in [0.3, 0.4) is 0 Å². The fraction of sp³-hybridized carbons (Fsp3) is 0. The van der Waals surface area contributed by atoms with Crippen molar-refractivity contribution in [1.82, 2.24) is 4.98 Å². The Kier molecular flexibility index (Phi) is 3.83. The minimum Gasteiger partial charge on any atom is -0.477 e. The molecule has 19 heavy (non-hydrogen) atoms. The van der Waals surface area contributed by atoms with Gasteiger partial charge in [0.2, 0.25) is 5.78 Å². The number of hydrogen-bond acceptors (Lipinski definition) is 3. The van der Waals surface area contributed by atoms with Crippen LogP contribution in [0, 0.1) is 0 Å². The van der Waals surface area contributed by atoms with Crippen LogP contribution >= 0.6 is 0 Å². The van der Waals surface area contributed by atoms with Crippen molar-refractivity contribution >= 4 is 17.8 Å². The van der Waals surface area contributed by atoms with E-state index in [-0.39, 0.29) is 17.2 Å². The fourth-order valence-corrected chi connectivity index (χ4v) is 1.51. The molecule has 0 aliphatic carbocycles. The third-order valence-electron chi connectivity index (χ3n) is 2.45. The van der Waals surface area contributed by atoms with E-state index in [0.717, 1.165) is 5.56 Å². The van der Waals surface area contributed by atoms with Gasteiger partial charge < -0.3 is 5.11 Å². The number of ketones is 1. The fourth-order valence-electron chi connectivity index (χ4n) is 1.51. The average Bonchev–Trinajstić information content (AvgIpc) is 2.46. The third-order valence-corrected chi connectivity index (χ3v) is 2.45. The highest BCUT2D eigenvalue weighted by atomic mass is 16.4. The SMILES string of the molecule is O=C(O)c1cccc(C(=O)/C=C/c2ccccc2)n1. The molecular weight excluding hydrogens is 242 g/mol. The Hall–Kier alpha value is -2.75. The number of rotatable bonds is 4. The molecule has 94 valence electrons. The first kappa shape index (κ1) is 12.7. The van der Waals surface area contributed by atoms with Crippen molar-refractivity contribution in [2.75, 3.05) is 0 Å². The number of nitrogens with zero attached hydrogens (tertiary/aromatic N) is 1. The largest absolute Gasteiger partial charge is 0.477 e. The molecule has 4 heteroatoms. The number of hydrogen-bond donors (Lipinski definition) is 1. The van der Waals surface area contributed by atoms with Crippen LogP contribution in [0.1, 0.15) is 26.5 Å². The van der Waals surface area contributed by atoms with Gasteiger partial charge in [-0.15, -0.1) is 0 Å². The van der Waals surface area contributed by atoms with E-state index >= 15 is 0 Å². The zero-order chi connectivity index (χ0) is 13.7. The topological polar surface area (TPSA) is 67.3 Å². The van der Waals surface area contributed by atoms with Gasteiger partial charge in [-0.25, -0.2) is 9.78 Å². The van der Waals surface area contributed by atoms with E-state index in [1.165, 1.54) is 24.3 Å². The van der Waals surface area contributed by atoms with Crippen molar-refractivity contribution in [3.8, 4) is 0 Å². The Balaban J connectivity index is 2.18. The smallest absolute Gasteiger partial charge is 0.354 e. The van der Waals surface area contributed by atoms with Gasteiger partial charge in [-0.1, -0.05) is 42.5 Å². The van der Waals surface area contributed by atoms with E-state index in [1.54, 1.807) is 6.08 Å². The molecule has 0 aliphatic rings. The molecule has 0 aliphatic heterocycles. The van der Waals surface area contributed by atoms with Gasteiger partial charge in [0.15, 0.2) is 0 Å². The van der Waals surface area contributed by atoms with E-state index in [4.69, 9.17) is 5.11 Å². The number of carboxylic acid groups (broad SMARTS) is 1. The lowest BCUT2D eigenvalue weighted by Crippen LogP contribution is -2.05. The van der Waals surface area contributed by atoms with Gasteiger partial charge in [0.25, 0.3) is 0 Å². The number of pyridine rings is 1. The Bertz CT molecular complexity index is 633. The second-order valence-electron chi connectivity index (χ2n) is 3.82. The van der Waals surface area contributed by atoms with E-state index in [0.29, 0.717) is 0 Å². The Morgan fingerprint density at radius 2 is 1.63 bits per heavy atom. The molecule has 0 saturated heterocycles. The molecule has 1 aromatic heterocycles. The Labute approximate surface area is 110 Å². The highest BCUT2D eigenvalue weighted by molar-refractivity contribution is 6.05. The zero-order valence-corrected chi connectivity index (χ0v) is 9.98. The molecular formula is C15H11NO3. The summed E-state index contributed by atoms with van der Waals surface area (Å²) >= 11 is 0. The van der Waals surface area contributed by atoms with Crippen LogP contribution < -0.4 is 0 Å². The second-order valence-corrected chi connectivity index (χ2v) is 3.82. The van der Waals surface area contributed by atoms with Crippen LogP contribution in [0.15, 0.2) is 54.6 Å². The molecule has 1 N–H and O–H groups in total. The zero-order valence-electron chi connectivity index (χ0n) is 9.98. The van der Waals surface area contributed by atoms with Crippen molar-refractivity contribution < 1.29 is 14.7 Å². The molecule has 1 heterocycles. The minimum absolute atomic E-state index is 0.118. The maximum atomic E-state index is 11.9. The number of carbonyl (C=O) groups is 2. The normalized spacial score (nSPS) is 10.5. The van der Waals surface area contributed by atoms with Crippen molar-refractivity contribution in [2.24, 2.45) is 0 Å². The molecule has 1 aromatic carbocycles. The van der Waals surface area contributed by atoms with Gasteiger partial charge in [0.1, 0.15) is 11.4 Å². The first-order valence-corrected chi connectivity index (χ1v) is 5.64. The molecule has 0 fully saturated rings. The van der Waals surface area contributed by atoms with Crippen molar-refractivity contribution in [3.63, 3.8) is 0 Å². The molecule has 4 nitrogen and oxygen atoms in total. The molecule has 0 unspecified atom stereocenters. The maximum absolute atomic E-state index is 11.9. The average molecular weight is 253 g/mol. The molecule has 0 radical (unpaired) electrons. The predicted molar refractivity (Wildman–Crippen MR) is 71.0 cm³/mol. The molecule has 0 spiro atoms. The summed E-state index contributed by atoms with van der Waals surface area (Å²) in [6, 6.07) is 13.7. The lowest BCUT2D eigenvalue weighted by atomic mass is 10.1. The van der Waals surface area contributed by atoms with Crippen LogP contribution in [0.4, 0.5) is 0 Å². The van der Waals surface area contributed by atoms with E-state index in [1.807, 2.05) is 30.3 Å². The summed E-state index contributed by atoms with van der Waals surface area (Å²) in [6.07, 6.45) is 3.04. The molecule has 2 aromatic rings. The number of allylic oxidation sites excluding steroid dienone is 1. The van der Waals surface area contributed by atoms with Crippen LogP contribution in [0.25, 0.3) is 6.08 Å². The van der Waals surface area contributed by atoms with Crippen LogP contribution in [-0.2, 0) is 0 Å². The minimum atomic E-state index is -1.15. The maximum Gasteiger partial charge on any atom is 0.354 e. The number of carboxylic acids is 1. The van der Waals surface area contributed by atoms with E-state index in [2.05, 4.69) is 4.98 Å². The third kappa shape index (κ3) is 3.35. The first-order valence-electron chi connectivity index (χ1n) is 5.64. The summed E-state index contributed by atoms with van der Waals surface area (Å²) in [5, 5.41) is 8.81. The highest BCUT2D eigenvalue weighted by Gasteiger charge is 2.08. The van der Waals surface area contributed by atoms with E-state index < -0.39 is 5.97 Å². The lowest BCUT2D eigenvalue weighted by molar-refractivity contribution is 0.0690. The number of aromatic carboxylic acids is 1. The standard InChI is InChI=1S/C15H11NO3/c17-14(10-9-11-5-2-1-3-6-11)12-7-4-8-13(16-12)15(18)19/h1-10H,(H,18,19)/b10-9+. The summed E-state index contributed by atoms with van der Waals surface area (Å²) in [6.45, 7) is 0. The quantitative estimate of drug-likeness (QED) is 0.672. The van der Waals surface area contributed by atoms with Crippen molar-refractivity contribution in [3.05, 3.63) is 71.6 Å². The second kappa shape index (κ2) is 5.73. The highest BCUT2D eigenvalue weighted by Crippen LogP contribution is 2.05. The van der Waals surface area contributed by atoms with Gasteiger partial charge in [0, 0.05) is 0 Å². The summed E-state index contributed by atoms with van der Waals surface area (Å²) in [4.78, 5) is 26.4. The summed E-state index contributed by atoms with van der Waals surface area (Å²) in [5.41, 5.74) is 0.872. The van der Waals surface area contributed by atoms with Crippen molar-refractivity contribution in [1.29, 1.82) is 0 Å². The molecule has 2 rings (SSSR count). The molecule has 0 saturated carbocycles. The molecule has 0 atom stereocenters. The predicted octanol–water partition coefficient (Wildman–Crippen LogP) is 2.68. The van der Waals surface area contributed by atoms with Gasteiger partial charge >= 0.3 is 5.97 Å². The first-order chi connectivity index (χ1) is 9.16. The van der Waals surface area contributed by atoms with Crippen LogP contribution in [0.2, 0.25) is 0 Å².